The van der Waals surface area contributed by atoms with Crippen LogP contribution in [-0.2, 0) is 0 Å². The Morgan fingerprint density at radius 1 is 0.933 bits per heavy atom. The van der Waals surface area contributed by atoms with Crippen LogP contribution in [0.4, 0.5) is 11.4 Å². The van der Waals surface area contributed by atoms with E-state index in [0.717, 1.165) is 16.7 Å². The van der Waals surface area contributed by atoms with Gasteiger partial charge in [0.05, 0.1) is 30.6 Å². The van der Waals surface area contributed by atoms with Crippen LogP contribution in [0, 0.1) is 10.1 Å². The van der Waals surface area contributed by atoms with Gasteiger partial charge in [-0.2, -0.15) is 0 Å². The Bertz CT molecular complexity index is 1290. The molecular weight excluding hydrogens is 384 g/mol. The molecule has 1 aromatic heterocycles. The van der Waals surface area contributed by atoms with Gasteiger partial charge in [-0.25, -0.2) is 4.99 Å². The van der Waals surface area contributed by atoms with Crippen LogP contribution in [0.5, 0.6) is 11.5 Å². The van der Waals surface area contributed by atoms with Crippen LogP contribution in [0.2, 0.25) is 0 Å². The van der Waals surface area contributed by atoms with E-state index in [9.17, 15) is 10.1 Å². The fourth-order valence-electron chi connectivity index (χ4n) is 3.11. The minimum Gasteiger partial charge on any atom is -0.497 e. The molecule has 4 rings (SSSR count). The van der Waals surface area contributed by atoms with Crippen molar-refractivity contribution < 1.29 is 18.8 Å². The van der Waals surface area contributed by atoms with Crippen molar-refractivity contribution in [1.82, 2.24) is 0 Å². The number of hydrogen-bond acceptors (Lipinski definition) is 6. The van der Waals surface area contributed by atoms with Gasteiger partial charge < -0.3 is 13.9 Å². The van der Waals surface area contributed by atoms with E-state index in [1.54, 1.807) is 13.2 Å². The predicted molar refractivity (Wildman–Crippen MR) is 113 cm³/mol. The lowest BCUT2D eigenvalue weighted by molar-refractivity contribution is -0.384. The van der Waals surface area contributed by atoms with E-state index in [1.165, 1.54) is 19.2 Å². The third kappa shape index (κ3) is 3.73. The largest absolute Gasteiger partial charge is 0.497 e. The molecule has 1 heterocycles. The summed E-state index contributed by atoms with van der Waals surface area (Å²) in [5.41, 5.74) is 1.97. The van der Waals surface area contributed by atoms with E-state index in [2.05, 4.69) is 0 Å². The molecule has 0 amide bonds. The average molecular weight is 402 g/mol. The summed E-state index contributed by atoms with van der Waals surface area (Å²) in [6, 6.07) is 21.3. The lowest BCUT2D eigenvalue weighted by atomic mass is 10.1. The van der Waals surface area contributed by atoms with Crippen molar-refractivity contribution in [3.05, 3.63) is 88.3 Å². The van der Waals surface area contributed by atoms with Crippen molar-refractivity contribution in [3.8, 4) is 22.8 Å². The highest BCUT2D eigenvalue weighted by molar-refractivity contribution is 5.79. The Balaban J connectivity index is 1.92. The summed E-state index contributed by atoms with van der Waals surface area (Å²) in [7, 11) is 3.07. The fourth-order valence-corrected chi connectivity index (χ4v) is 3.11. The van der Waals surface area contributed by atoms with Gasteiger partial charge in [0.2, 0.25) is 0 Å². The summed E-state index contributed by atoms with van der Waals surface area (Å²) in [6.07, 6.45) is 0. The second-order valence-electron chi connectivity index (χ2n) is 6.45. The van der Waals surface area contributed by atoms with Crippen molar-refractivity contribution in [1.29, 1.82) is 0 Å². The fraction of sp³-hybridized carbons (Fsp3) is 0.0870. The Morgan fingerprint density at radius 2 is 1.70 bits per heavy atom. The van der Waals surface area contributed by atoms with Gasteiger partial charge in [0.15, 0.2) is 5.75 Å². The molecule has 0 aliphatic heterocycles. The van der Waals surface area contributed by atoms with E-state index < -0.39 is 4.92 Å². The van der Waals surface area contributed by atoms with Crippen LogP contribution in [0.3, 0.4) is 0 Å². The average Bonchev–Trinajstić information content (AvgIpc) is 2.79. The topological polar surface area (TPSA) is 87.1 Å². The minimum atomic E-state index is -0.467. The van der Waals surface area contributed by atoms with Crippen LogP contribution in [0.15, 0.2) is 82.2 Å². The summed E-state index contributed by atoms with van der Waals surface area (Å²) in [5, 5.41) is 12.5. The van der Waals surface area contributed by atoms with Crippen molar-refractivity contribution in [2.24, 2.45) is 4.99 Å². The Labute approximate surface area is 172 Å². The number of fused-ring (bicyclic) bond motifs is 1. The maximum Gasteiger partial charge on any atom is 0.273 e. The standard InChI is InChI=1S/C23H18N2O5/c1-28-17-10-7-15(8-11-17)22-14-20(18-5-3-4-6-21(18)30-22)24-19-12-9-16(25(26)27)13-23(19)29-2/h3-14H,1-2H3. The van der Waals surface area contributed by atoms with Crippen LogP contribution in [0.25, 0.3) is 22.3 Å². The molecule has 0 unspecified atom stereocenters. The first-order valence-electron chi connectivity index (χ1n) is 9.13. The second kappa shape index (κ2) is 8.08. The van der Waals surface area contributed by atoms with Gasteiger partial charge in [-0.15, -0.1) is 0 Å². The number of hydrogen-bond donors (Lipinski definition) is 0. The molecule has 7 nitrogen and oxygen atoms in total. The van der Waals surface area contributed by atoms with Gasteiger partial charge >= 0.3 is 0 Å². The number of non-ortho nitro benzene ring substituents is 1. The summed E-state index contributed by atoms with van der Waals surface area (Å²) in [4.78, 5) is 15.3. The highest BCUT2D eigenvalue weighted by Crippen LogP contribution is 2.31. The number of nitro groups is 1. The smallest absolute Gasteiger partial charge is 0.273 e. The van der Waals surface area contributed by atoms with Crippen LogP contribution in [0.1, 0.15) is 0 Å². The van der Waals surface area contributed by atoms with E-state index >= 15 is 0 Å². The molecule has 150 valence electrons. The summed E-state index contributed by atoms with van der Waals surface area (Å²) in [6.45, 7) is 0. The maximum absolute atomic E-state index is 11.1. The lowest BCUT2D eigenvalue weighted by Crippen LogP contribution is -2.03. The molecule has 0 saturated heterocycles. The number of benzene rings is 3. The van der Waals surface area contributed by atoms with Crippen LogP contribution in [-0.4, -0.2) is 19.1 Å². The number of para-hydroxylation sites is 1. The Hall–Kier alpha value is -4.13. The number of rotatable bonds is 5. The molecule has 3 aromatic carbocycles. The van der Waals surface area contributed by atoms with E-state index in [4.69, 9.17) is 18.9 Å². The summed E-state index contributed by atoms with van der Waals surface area (Å²) >= 11 is 0. The highest BCUT2D eigenvalue weighted by Gasteiger charge is 2.12. The molecular formula is C23H18N2O5. The predicted octanol–water partition coefficient (Wildman–Crippen LogP) is 5.26. The number of methoxy groups -OCH3 is 2. The molecule has 0 aliphatic carbocycles. The van der Waals surface area contributed by atoms with E-state index in [0.29, 0.717) is 28.1 Å². The van der Waals surface area contributed by atoms with Gasteiger partial charge in [-0.05, 0) is 42.5 Å². The van der Waals surface area contributed by atoms with Gasteiger partial charge in [0, 0.05) is 23.1 Å². The van der Waals surface area contributed by atoms with Crippen molar-refractivity contribution in [2.75, 3.05) is 14.2 Å². The zero-order chi connectivity index (χ0) is 21.1. The number of ether oxygens (including phenoxy) is 2. The molecule has 0 aliphatic rings. The normalized spacial score (nSPS) is 11.5. The molecule has 0 radical (unpaired) electrons. The van der Waals surface area contributed by atoms with E-state index in [1.807, 2.05) is 54.6 Å². The summed E-state index contributed by atoms with van der Waals surface area (Å²) in [5.74, 6) is 1.70. The Kier molecular flexibility index (Phi) is 5.17. The molecule has 0 fully saturated rings. The van der Waals surface area contributed by atoms with Gasteiger partial charge in [0.25, 0.3) is 5.69 Å². The number of nitrogens with zero attached hydrogens (tertiary/aromatic N) is 2. The molecule has 4 aromatic rings. The molecule has 7 heteroatoms. The maximum atomic E-state index is 11.1. The zero-order valence-corrected chi connectivity index (χ0v) is 16.4. The molecule has 0 bridgehead atoms. The summed E-state index contributed by atoms with van der Waals surface area (Å²) < 4.78 is 16.6. The van der Waals surface area contributed by atoms with Gasteiger partial charge in [0.1, 0.15) is 22.8 Å². The van der Waals surface area contributed by atoms with Crippen LogP contribution < -0.4 is 14.8 Å². The van der Waals surface area contributed by atoms with Crippen molar-refractivity contribution in [2.45, 2.75) is 0 Å². The molecule has 30 heavy (non-hydrogen) atoms. The first-order valence-corrected chi connectivity index (χ1v) is 9.13. The lowest BCUT2D eigenvalue weighted by Gasteiger charge is -2.07. The van der Waals surface area contributed by atoms with Crippen LogP contribution >= 0.6 is 0 Å². The Morgan fingerprint density at radius 3 is 2.40 bits per heavy atom. The quantitative estimate of drug-likeness (QED) is 0.336. The third-order valence-electron chi connectivity index (χ3n) is 4.64. The first-order chi connectivity index (χ1) is 14.6. The molecule has 0 spiro atoms. The second-order valence-corrected chi connectivity index (χ2v) is 6.45. The molecule has 0 saturated carbocycles. The van der Waals surface area contributed by atoms with Crippen molar-refractivity contribution in [3.63, 3.8) is 0 Å². The van der Waals surface area contributed by atoms with Gasteiger partial charge in [-0.3, -0.25) is 10.1 Å². The SMILES string of the molecule is COc1ccc(-c2cc(=Nc3ccc([N+](=O)[O-])cc3OC)c3ccccc3o2)cc1. The third-order valence-corrected chi connectivity index (χ3v) is 4.64. The van der Waals surface area contributed by atoms with Crippen molar-refractivity contribution >= 4 is 22.3 Å². The molecule has 0 atom stereocenters. The van der Waals surface area contributed by atoms with E-state index in [-0.39, 0.29) is 5.69 Å². The van der Waals surface area contributed by atoms with Gasteiger partial charge in [-0.1, -0.05) is 12.1 Å². The minimum absolute atomic E-state index is 0.0577. The number of nitro benzene ring substituents is 1. The molecule has 0 N–H and O–H groups in total. The highest BCUT2D eigenvalue weighted by atomic mass is 16.6. The monoisotopic (exact) mass is 402 g/mol. The zero-order valence-electron chi connectivity index (χ0n) is 16.4. The first kappa shape index (κ1) is 19.2.